The molecule has 0 aromatic carbocycles. The standard InChI is InChI=1S/C15H19F3N2O2/c1-2-12-5-3-4-8-20(12)14(22)10-19-9-11(15(16,17)18)6-7-13(19)21/h6-7,9,12H,2-5,8,10H2,1H3. The van der Waals surface area contributed by atoms with Crippen molar-refractivity contribution in [1.29, 1.82) is 0 Å². The molecule has 0 aliphatic carbocycles. The first kappa shape index (κ1) is 16.6. The topological polar surface area (TPSA) is 42.3 Å². The summed E-state index contributed by atoms with van der Waals surface area (Å²) in [5.41, 5.74) is -1.53. The summed E-state index contributed by atoms with van der Waals surface area (Å²) in [4.78, 5) is 25.7. The summed E-state index contributed by atoms with van der Waals surface area (Å²) in [6.07, 6.45) is -0.171. The van der Waals surface area contributed by atoms with Gasteiger partial charge in [-0.15, -0.1) is 0 Å². The van der Waals surface area contributed by atoms with E-state index >= 15 is 0 Å². The van der Waals surface area contributed by atoms with Crippen LogP contribution in [0.15, 0.2) is 23.1 Å². The molecule has 1 unspecified atom stereocenters. The molecule has 22 heavy (non-hydrogen) atoms. The number of halogens is 3. The summed E-state index contributed by atoms with van der Waals surface area (Å²) < 4.78 is 38.9. The van der Waals surface area contributed by atoms with E-state index in [-0.39, 0.29) is 18.5 Å². The van der Waals surface area contributed by atoms with Gasteiger partial charge in [-0.3, -0.25) is 9.59 Å². The molecule has 1 aromatic rings. The lowest BCUT2D eigenvalue weighted by Crippen LogP contribution is -2.45. The normalized spacial score (nSPS) is 19.3. The third-order valence-corrected chi connectivity index (χ3v) is 4.04. The fourth-order valence-electron chi connectivity index (χ4n) is 2.81. The van der Waals surface area contributed by atoms with Gasteiger partial charge in [0.15, 0.2) is 0 Å². The van der Waals surface area contributed by atoms with Gasteiger partial charge in [0.25, 0.3) is 5.56 Å². The second-order valence-electron chi connectivity index (χ2n) is 5.53. The van der Waals surface area contributed by atoms with E-state index < -0.39 is 17.3 Å². The number of carbonyl (C=O) groups excluding carboxylic acids is 1. The van der Waals surface area contributed by atoms with E-state index in [9.17, 15) is 22.8 Å². The fourth-order valence-corrected chi connectivity index (χ4v) is 2.81. The average Bonchev–Trinajstić information content (AvgIpc) is 2.48. The van der Waals surface area contributed by atoms with Crippen molar-refractivity contribution in [3.63, 3.8) is 0 Å². The third-order valence-electron chi connectivity index (χ3n) is 4.04. The summed E-state index contributed by atoms with van der Waals surface area (Å²) in [6.45, 7) is 2.23. The number of nitrogens with zero attached hydrogens (tertiary/aromatic N) is 2. The Morgan fingerprint density at radius 3 is 2.68 bits per heavy atom. The van der Waals surface area contributed by atoms with Gasteiger partial charge in [-0.25, -0.2) is 0 Å². The highest BCUT2D eigenvalue weighted by molar-refractivity contribution is 5.76. The fraction of sp³-hybridized carbons (Fsp3) is 0.600. The molecule has 0 radical (unpaired) electrons. The van der Waals surface area contributed by atoms with E-state index in [0.29, 0.717) is 12.7 Å². The molecule has 7 heteroatoms. The van der Waals surface area contributed by atoms with Crippen LogP contribution in [-0.2, 0) is 17.5 Å². The molecular formula is C15H19F3N2O2. The Labute approximate surface area is 126 Å². The van der Waals surface area contributed by atoms with Gasteiger partial charge < -0.3 is 9.47 Å². The first-order chi connectivity index (χ1) is 10.3. The smallest absolute Gasteiger partial charge is 0.338 e. The van der Waals surface area contributed by atoms with Crippen LogP contribution in [0.25, 0.3) is 0 Å². The van der Waals surface area contributed by atoms with Crippen LogP contribution in [0.1, 0.15) is 38.2 Å². The number of carbonyl (C=O) groups is 1. The van der Waals surface area contributed by atoms with E-state index in [1.54, 1.807) is 4.90 Å². The highest BCUT2D eigenvalue weighted by Gasteiger charge is 2.31. The maximum absolute atomic E-state index is 12.7. The van der Waals surface area contributed by atoms with Crippen LogP contribution >= 0.6 is 0 Å². The number of pyridine rings is 1. The van der Waals surface area contributed by atoms with Gasteiger partial charge in [0.05, 0.1) is 5.56 Å². The largest absolute Gasteiger partial charge is 0.417 e. The molecule has 0 N–H and O–H groups in total. The zero-order valence-corrected chi connectivity index (χ0v) is 12.4. The van der Waals surface area contributed by atoms with Crippen molar-refractivity contribution in [3.8, 4) is 0 Å². The Morgan fingerprint density at radius 1 is 1.32 bits per heavy atom. The minimum Gasteiger partial charge on any atom is -0.338 e. The number of aromatic nitrogens is 1. The summed E-state index contributed by atoms with van der Waals surface area (Å²) in [5, 5.41) is 0. The van der Waals surface area contributed by atoms with E-state index in [0.717, 1.165) is 42.4 Å². The summed E-state index contributed by atoms with van der Waals surface area (Å²) in [6, 6.07) is 1.70. The van der Waals surface area contributed by atoms with Crippen LogP contribution in [0.4, 0.5) is 13.2 Å². The van der Waals surface area contributed by atoms with Crippen molar-refractivity contribution in [2.75, 3.05) is 6.54 Å². The van der Waals surface area contributed by atoms with Crippen molar-refractivity contribution in [2.45, 2.75) is 51.4 Å². The van der Waals surface area contributed by atoms with E-state index in [4.69, 9.17) is 0 Å². The van der Waals surface area contributed by atoms with Crippen LogP contribution in [0.5, 0.6) is 0 Å². The van der Waals surface area contributed by atoms with Crippen LogP contribution in [0.2, 0.25) is 0 Å². The molecule has 1 saturated heterocycles. The molecule has 122 valence electrons. The molecule has 0 saturated carbocycles. The summed E-state index contributed by atoms with van der Waals surface area (Å²) in [5.74, 6) is -0.298. The van der Waals surface area contributed by atoms with Gasteiger partial charge in [-0.1, -0.05) is 6.92 Å². The lowest BCUT2D eigenvalue weighted by atomic mass is 10.00. The predicted octanol–water partition coefficient (Wildman–Crippen LogP) is 2.66. The van der Waals surface area contributed by atoms with Crippen molar-refractivity contribution >= 4 is 5.91 Å². The number of piperidine rings is 1. The predicted molar refractivity (Wildman–Crippen MR) is 75.3 cm³/mol. The van der Waals surface area contributed by atoms with Gasteiger partial charge in [0.1, 0.15) is 6.54 Å². The molecular weight excluding hydrogens is 297 g/mol. The molecule has 2 heterocycles. The molecule has 1 aromatic heterocycles. The second kappa shape index (κ2) is 6.54. The zero-order valence-electron chi connectivity index (χ0n) is 12.4. The lowest BCUT2D eigenvalue weighted by Gasteiger charge is -2.35. The Hall–Kier alpha value is -1.79. The molecule has 0 spiro atoms. The lowest BCUT2D eigenvalue weighted by molar-refractivity contribution is -0.139. The van der Waals surface area contributed by atoms with Crippen molar-refractivity contribution < 1.29 is 18.0 Å². The number of hydrogen-bond acceptors (Lipinski definition) is 2. The van der Waals surface area contributed by atoms with Gasteiger partial charge in [-0.2, -0.15) is 13.2 Å². The van der Waals surface area contributed by atoms with E-state index in [2.05, 4.69) is 0 Å². The van der Waals surface area contributed by atoms with Crippen LogP contribution in [-0.4, -0.2) is 28.0 Å². The summed E-state index contributed by atoms with van der Waals surface area (Å²) >= 11 is 0. The number of alkyl halides is 3. The van der Waals surface area contributed by atoms with Gasteiger partial charge >= 0.3 is 6.18 Å². The third kappa shape index (κ3) is 3.69. The van der Waals surface area contributed by atoms with E-state index in [1.807, 2.05) is 6.92 Å². The van der Waals surface area contributed by atoms with Crippen LogP contribution in [0.3, 0.4) is 0 Å². The van der Waals surface area contributed by atoms with Crippen LogP contribution < -0.4 is 5.56 Å². The molecule has 4 nitrogen and oxygen atoms in total. The highest BCUT2D eigenvalue weighted by Crippen LogP contribution is 2.28. The number of likely N-dealkylation sites (tertiary alicyclic amines) is 1. The Balaban J connectivity index is 2.19. The monoisotopic (exact) mass is 316 g/mol. The average molecular weight is 316 g/mol. The Kier molecular flexibility index (Phi) is 4.93. The molecule has 1 amide bonds. The molecule has 1 aliphatic heterocycles. The first-order valence-corrected chi connectivity index (χ1v) is 7.40. The van der Waals surface area contributed by atoms with Crippen molar-refractivity contribution in [3.05, 3.63) is 34.2 Å². The molecule has 1 aliphatic rings. The maximum atomic E-state index is 12.7. The van der Waals surface area contributed by atoms with Gasteiger partial charge in [0.2, 0.25) is 5.91 Å². The quantitative estimate of drug-likeness (QED) is 0.860. The van der Waals surface area contributed by atoms with E-state index in [1.165, 1.54) is 0 Å². The highest BCUT2D eigenvalue weighted by atomic mass is 19.4. The maximum Gasteiger partial charge on any atom is 0.417 e. The number of rotatable bonds is 3. The first-order valence-electron chi connectivity index (χ1n) is 7.40. The van der Waals surface area contributed by atoms with Crippen LogP contribution in [0, 0.1) is 0 Å². The molecule has 0 bridgehead atoms. The Bertz CT molecular complexity index is 595. The second-order valence-corrected chi connectivity index (χ2v) is 5.53. The summed E-state index contributed by atoms with van der Waals surface area (Å²) in [7, 11) is 0. The van der Waals surface area contributed by atoms with Crippen molar-refractivity contribution in [2.24, 2.45) is 0 Å². The minimum atomic E-state index is -4.53. The zero-order chi connectivity index (χ0) is 16.3. The van der Waals surface area contributed by atoms with Crippen molar-refractivity contribution in [1.82, 2.24) is 9.47 Å². The molecule has 1 fully saturated rings. The van der Waals surface area contributed by atoms with Gasteiger partial charge in [-0.05, 0) is 31.7 Å². The van der Waals surface area contributed by atoms with Gasteiger partial charge in [0, 0.05) is 24.8 Å². The minimum absolute atomic E-state index is 0.114. The molecule has 2 rings (SSSR count). The SMILES string of the molecule is CCC1CCCCN1C(=O)Cn1cc(C(F)(F)F)ccc1=O. The number of hydrogen-bond donors (Lipinski definition) is 0. The Morgan fingerprint density at radius 2 is 2.05 bits per heavy atom. The molecule has 1 atom stereocenters. The number of amides is 1.